The highest BCUT2D eigenvalue weighted by Crippen LogP contribution is 2.32. The lowest BCUT2D eigenvalue weighted by Crippen LogP contribution is -2.37. The van der Waals surface area contributed by atoms with Gasteiger partial charge in [-0.25, -0.2) is 0 Å². The number of esters is 1. The van der Waals surface area contributed by atoms with Gasteiger partial charge >= 0.3 is 5.97 Å². The molecule has 2 aliphatic rings. The first-order valence-electron chi connectivity index (χ1n) is 6.67. The summed E-state index contributed by atoms with van der Waals surface area (Å²) in [5, 5.41) is 9.95. The zero-order chi connectivity index (χ0) is 13.1. The van der Waals surface area contributed by atoms with E-state index in [1.165, 1.54) is 6.08 Å². The molecule has 18 heavy (non-hydrogen) atoms. The van der Waals surface area contributed by atoms with Crippen molar-refractivity contribution in [1.29, 1.82) is 0 Å². The second-order valence-corrected chi connectivity index (χ2v) is 5.31. The Kier molecular flexibility index (Phi) is 4.17. The van der Waals surface area contributed by atoms with Gasteiger partial charge in [0.05, 0.1) is 18.6 Å². The van der Waals surface area contributed by atoms with E-state index < -0.39 is 12.0 Å². The van der Waals surface area contributed by atoms with Gasteiger partial charge in [-0.2, -0.15) is 0 Å². The van der Waals surface area contributed by atoms with Crippen molar-refractivity contribution in [3.8, 4) is 0 Å². The molecule has 1 aliphatic carbocycles. The lowest BCUT2D eigenvalue weighted by atomic mass is 9.75. The third-order valence-corrected chi connectivity index (χ3v) is 3.90. The summed E-state index contributed by atoms with van der Waals surface area (Å²) in [6, 6.07) is 0. The molecule has 4 atom stereocenters. The molecule has 0 amide bonds. The van der Waals surface area contributed by atoms with Crippen LogP contribution in [0.2, 0.25) is 0 Å². The zero-order valence-electron chi connectivity index (χ0n) is 10.7. The van der Waals surface area contributed by atoms with E-state index in [0.29, 0.717) is 0 Å². The molecule has 0 unspecified atom stereocenters. The predicted molar refractivity (Wildman–Crippen MR) is 65.8 cm³/mol. The highest BCUT2D eigenvalue weighted by atomic mass is 16.5. The monoisotopic (exact) mass is 252 g/mol. The molecule has 100 valence electrons. The topological polar surface area (TPSA) is 63.6 Å². The maximum absolute atomic E-state index is 11.9. The maximum Gasteiger partial charge on any atom is 0.306 e. The van der Waals surface area contributed by atoms with Crippen LogP contribution in [0.15, 0.2) is 12.2 Å². The second kappa shape index (κ2) is 5.65. The Bertz CT molecular complexity index is 361. The maximum atomic E-state index is 11.9. The average Bonchev–Trinajstić information content (AvgIpc) is 2.31. The van der Waals surface area contributed by atoms with Gasteiger partial charge in [-0.1, -0.05) is 12.5 Å². The molecule has 0 saturated carbocycles. The number of ether oxygens (including phenoxy) is 1. The summed E-state index contributed by atoms with van der Waals surface area (Å²) in [5.41, 5.74) is 0. The molecule has 1 N–H and O–H groups in total. The van der Waals surface area contributed by atoms with Gasteiger partial charge < -0.3 is 9.84 Å². The number of aliphatic hydroxyl groups is 1. The lowest BCUT2D eigenvalue weighted by molar-refractivity contribution is -0.152. The predicted octanol–water partition coefficient (Wildman–Crippen LogP) is 1.61. The Morgan fingerprint density at radius 3 is 2.78 bits per heavy atom. The molecule has 4 heteroatoms. The molecule has 1 aliphatic heterocycles. The number of cyclic esters (lactones) is 1. The van der Waals surface area contributed by atoms with Crippen LogP contribution in [0.25, 0.3) is 0 Å². The number of aliphatic hydroxyl groups excluding tert-OH is 1. The van der Waals surface area contributed by atoms with E-state index in [-0.39, 0.29) is 30.2 Å². The number of carbonyl (C=O) groups excluding carboxylic acids is 2. The van der Waals surface area contributed by atoms with Gasteiger partial charge in [0.15, 0.2) is 5.78 Å². The third-order valence-electron chi connectivity index (χ3n) is 3.90. The van der Waals surface area contributed by atoms with Gasteiger partial charge in [0.25, 0.3) is 0 Å². The number of hydrogen-bond donors (Lipinski definition) is 1. The van der Waals surface area contributed by atoms with Crippen LogP contribution in [0.1, 0.15) is 39.0 Å². The van der Waals surface area contributed by atoms with Crippen molar-refractivity contribution in [2.75, 3.05) is 0 Å². The highest BCUT2D eigenvalue weighted by Gasteiger charge is 2.36. The number of rotatable bonds is 0. The van der Waals surface area contributed by atoms with Crippen LogP contribution >= 0.6 is 0 Å². The molecule has 2 rings (SSSR count). The minimum absolute atomic E-state index is 0.0597. The van der Waals surface area contributed by atoms with E-state index in [1.807, 2.05) is 6.92 Å². The van der Waals surface area contributed by atoms with E-state index >= 15 is 0 Å². The first-order valence-corrected chi connectivity index (χ1v) is 6.67. The van der Waals surface area contributed by atoms with Crippen LogP contribution in [0.3, 0.4) is 0 Å². The zero-order valence-corrected chi connectivity index (χ0v) is 10.7. The summed E-state index contributed by atoms with van der Waals surface area (Å²) in [6.07, 6.45) is 5.91. The van der Waals surface area contributed by atoms with E-state index in [4.69, 9.17) is 4.74 Å². The fourth-order valence-electron chi connectivity index (χ4n) is 2.86. The molecule has 1 saturated heterocycles. The Hall–Kier alpha value is -1.16. The average molecular weight is 252 g/mol. The van der Waals surface area contributed by atoms with Gasteiger partial charge in [-0.15, -0.1) is 0 Å². The standard InChI is InChI=1S/C14H20O4/c1-9-4-2-3-5-10-11(8-14(17)18-9)13(16)7-6-12(10)15/h6-7,9-12,15H,2-5,8H2,1H3/t9-,10+,11+,12-/m0/s1. The Morgan fingerprint density at radius 2 is 2.00 bits per heavy atom. The van der Waals surface area contributed by atoms with Crippen LogP contribution in [0.5, 0.6) is 0 Å². The first kappa shape index (κ1) is 13.3. The summed E-state index contributed by atoms with van der Waals surface area (Å²) in [7, 11) is 0. The molecule has 0 aromatic carbocycles. The van der Waals surface area contributed by atoms with E-state index in [0.717, 1.165) is 25.7 Å². The number of ketones is 1. The summed E-state index contributed by atoms with van der Waals surface area (Å²) in [5.74, 6) is -0.933. The van der Waals surface area contributed by atoms with E-state index in [2.05, 4.69) is 0 Å². The summed E-state index contributed by atoms with van der Waals surface area (Å²) < 4.78 is 5.26. The highest BCUT2D eigenvalue weighted by molar-refractivity contribution is 5.95. The van der Waals surface area contributed by atoms with Crippen LogP contribution in [-0.4, -0.2) is 29.1 Å². The quantitative estimate of drug-likeness (QED) is 0.665. The van der Waals surface area contributed by atoms with Gasteiger partial charge in [0.1, 0.15) is 0 Å². The van der Waals surface area contributed by atoms with Crippen LogP contribution in [-0.2, 0) is 14.3 Å². The number of allylic oxidation sites excluding steroid dienone is 1. The van der Waals surface area contributed by atoms with Crippen molar-refractivity contribution in [1.82, 2.24) is 0 Å². The summed E-state index contributed by atoms with van der Waals surface area (Å²) in [4.78, 5) is 23.6. The van der Waals surface area contributed by atoms with Crippen molar-refractivity contribution in [3.63, 3.8) is 0 Å². The minimum Gasteiger partial charge on any atom is -0.463 e. The van der Waals surface area contributed by atoms with Crippen LogP contribution in [0, 0.1) is 11.8 Å². The molecule has 0 spiro atoms. The molecule has 0 aromatic rings. The Balaban J connectivity index is 2.15. The van der Waals surface area contributed by atoms with Crippen molar-refractivity contribution in [2.45, 2.75) is 51.2 Å². The molecule has 0 radical (unpaired) electrons. The molecule has 0 aromatic heterocycles. The Morgan fingerprint density at radius 1 is 1.28 bits per heavy atom. The minimum atomic E-state index is -0.614. The fraction of sp³-hybridized carbons (Fsp3) is 0.714. The Labute approximate surface area is 107 Å². The largest absolute Gasteiger partial charge is 0.463 e. The van der Waals surface area contributed by atoms with Crippen molar-refractivity contribution in [2.24, 2.45) is 11.8 Å². The van der Waals surface area contributed by atoms with Crippen LogP contribution < -0.4 is 0 Å². The van der Waals surface area contributed by atoms with Gasteiger partial charge in [0, 0.05) is 5.92 Å². The smallest absolute Gasteiger partial charge is 0.306 e. The number of hydrogen-bond acceptors (Lipinski definition) is 4. The number of carbonyl (C=O) groups is 2. The van der Waals surface area contributed by atoms with Crippen molar-refractivity contribution in [3.05, 3.63) is 12.2 Å². The molecule has 0 bridgehead atoms. The van der Waals surface area contributed by atoms with Crippen molar-refractivity contribution < 1.29 is 19.4 Å². The second-order valence-electron chi connectivity index (χ2n) is 5.31. The molecule has 1 heterocycles. The van der Waals surface area contributed by atoms with Gasteiger partial charge in [0.2, 0.25) is 0 Å². The van der Waals surface area contributed by atoms with Gasteiger partial charge in [-0.3, -0.25) is 9.59 Å². The SMILES string of the molecule is C[C@H]1CCCC[C@H]2[C@@H](O)C=CC(=O)[C@@H]2CC(=O)O1. The summed E-state index contributed by atoms with van der Waals surface area (Å²) >= 11 is 0. The van der Waals surface area contributed by atoms with Crippen molar-refractivity contribution >= 4 is 11.8 Å². The van der Waals surface area contributed by atoms with Gasteiger partial charge in [-0.05, 0) is 38.2 Å². The van der Waals surface area contributed by atoms with E-state index in [1.54, 1.807) is 6.08 Å². The molecular formula is C14H20O4. The lowest BCUT2D eigenvalue weighted by Gasteiger charge is -2.32. The van der Waals surface area contributed by atoms with E-state index in [9.17, 15) is 14.7 Å². The first-order chi connectivity index (χ1) is 8.58. The number of fused-ring (bicyclic) bond motifs is 1. The molecule has 4 nitrogen and oxygen atoms in total. The summed E-state index contributed by atoms with van der Waals surface area (Å²) in [6.45, 7) is 1.88. The molecular weight excluding hydrogens is 232 g/mol. The third kappa shape index (κ3) is 2.99. The normalized spacial score (nSPS) is 37.9. The fourth-order valence-corrected chi connectivity index (χ4v) is 2.86. The van der Waals surface area contributed by atoms with Crippen LogP contribution in [0.4, 0.5) is 0 Å². The molecule has 1 fully saturated rings.